The van der Waals surface area contributed by atoms with Crippen molar-refractivity contribution in [1.29, 1.82) is 0 Å². The van der Waals surface area contributed by atoms with E-state index in [0.717, 1.165) is 34.6 Å². The Morgan fingerprint density at radius 1 is 0.667 bits per heavy atom. The molecule has 2 aromatic heterocycles. The van der Waals surface area contributed by atoms with Crippen molar-refractivity contribution in [2.24, 2.45) is 0 Å². The molecular formula is C42H44N4OPt. The summed E-state index contributed by atoms with van der Waals surface area (Å²) in [6, 6.07) is 37.1. The normalized spacial score (nSPS) is 13.6. The number of rotatable bonds is 4. The largest absolute Gasteiger partial charge is 2.00 e. The Hall–Kier alpha value is -4.08. The Morgan fingerprint density at radius 2 is 1.35 bits per heavy atom. The van der Waals surface area contributed by atoms with Crippen molar-refractivity contribution in [2.45, 2.75) is 78.7 Å². The van der Waals surface area contributed by atoms with E-state index < -0.39 is 0 Å². The molecule has 0 unspecified atom stereocenters. The second-order valence-electron chi connectivity index (χ2n) is 15.7. The van der Waals surface area contributed by atoms with Gasteiger partial charge in [-0.05, 0) is 78.4 Å². The minimum Gasteiger partial charge on any atom is -0.509 e. The third kappa shape index (κ3) is 6.14. The van der Waals surface area contributed by atoms with Crippen LogP contribution in [0.5, 0.6) is 11.5 Å². The van der Waals surface area contributed by atoms with Gasteiger partial charge in [0.25, 0.3) is 0 Å². The van der Waals surface area contributed by atoms with Crippen LogP contribution in [0, 0.1) is 12.1 Å². The molecule has 0 spiro atoms. The Morgan fingerprint density at radius 3 is 2.06 bits per heavy atom. The number of fused-ring (bicyclic) bond motifs is 4. The summed E-state index contributed by atoms with van der Waals surface area (Å²) < 4.78 is 8.75. The molecule has 7 rings (SSSR count). The van der Waals surface area contributed by atoms with Crippen LogP contribution in [-0.2, 0) is 31.9 Å². The van der Waals surface area contributed by atoms with E-state index in [1.807, 2.05) is 24.4 Å². The zero-order valence-corrected chi connectivity index (χ0v) is 31.7. The summed E-state index contributed by atoms with van der Waals surface area (Å²) in [5, 5.41) is 2.30. The first-order valence-corrected chi connectivity index (χ1v) is 16.5. The van der Waals surface area contributed by atoms with Gasteiger partial charge in [0, 0.05) is 28.8 Å². The SMILES string of the molecule is CC(C)(C)c1ccnc(-n2c3[c-]c(Oc4[c-]c(N5CN(C(C)(C)C)c6ccccc65)ccc4)ccc3c3cc(C(C)(C)C)ccc32)c1.[Pt+2]. The molecule has 248 valence electrons. The summed E-state index contributed by atoms with van der Waals surface area (Å²) in [6.45, 7) is 21.0. The van der Waals surface area contributed by atoms with Crippen LogP contribution in [0.1, 0.15) is 73.4 Å². The maximum absolute atomic E-state index is 6.53. The summed E-state index contributed by atoms with van der Waals surface area (Å²) in [6.07, 6.45) is 1.91. The van der Waals surface area contributed by atoms with Crippen molar-refractivity contribution in [3.63, 3.8) is 0 Å². The van der Waals surface area contributed by atoms with Crippen LogP contribution < -0.4 is 14.5 Å². The van der Waals surface area contributed by atoms with Crippen molar-refractivity contribution >= 4 is 38.9 Å². The van der Waals surface area contributed by atoms with Gasteiger partial charge in [0.05, 0.1) is 18.0 Å². The Bertz CT molecular complexity index is 2130. The number of para-hydroxylation sites is 2. The van der Waals surface area contributed by atoms with Gasteiger partial charge >= 0.3 is 21.1 Å². The van der Waals surface area contributed by atoms with Crippen LogP contribution in [0.2, 0.25) is 0 Å². The molecule has 5 nitrogen and oxygen atoms in total. The predicted molar refractivity (Wildman–Crippen MR) is 196 cm³/mol. The topological polar surface area (TPSA) is 33.5 Å². The van der Waals surface area contributed by atoms with Gasteiger partial charge in [0.1, 0.15) is 5.82 Å². The Labute approximate surface area is 299 Å². The van der Waals surface area contributed by atoms with Gasteiger partial charge in [-0.25, -0.2) is 4.98 Å². The zero-order valence-electron chi connectivity index (χ0n) is 29.4. The molecule has 0 saturated carbocycles. The molecule has 0 atom stereocenters. The molecule has 3 heterocycles. The third-order valence-electron chi connectivity index (χ3n) is 9.18. The summed E-state index contributed by atoms with van der Waals surface area (Å²) in [7, 11) is 0. The number of pyridine rings is 1. The van der Waals surface area contributed by atoms with E-state index in [0.29, 0.717) is 11.5 Å². The monoisotopic (exact) mass is 815 g/mol. The molecule has 0 aliphatic carbocycles. The zero-order chi connectivity index (χ0) is 33.3. The van der Waals surface area contributed by atoms with Crippen molar-refractivity contribution in [3.05, 3.63) is 114 Å². The van der Waals surface area contributed by atoms with Gasteiger partial charge in [0.15, 0.2) is 0 Å². The molecule has 1 aliphatic heterocycles. The molecule has 0 fully saturated rings. The molecule has 48 heavy (non-hydrogen) atoms. The van der Waals surface area contributed by atoms with Crippen molar-refractivity contribution in [2.75, 3.05) is 16.5 Å². The van der Waals surface area contributed by atoms with Crippen LogP contribution in [-0.4, -0.2) is 21.8 Å². The fourth-order valence-corrected chi connectivity index (χ4v) is 6.46. The molecule has 1 aliphatic rings. The molecule has 6 heteroatoms. The molecule has 4 aromatic carbocycles. The predicted octanol–water partition coefficient (Wildman–Crippen LogP) is 10.9. The number of anilines is 3. The second kappa shape index (κ2) is 12.1. The van der Waals surface area contributed by atoms with Crippen LogP contribution in [0.4, 0.5) is 17.1 Å². The summed E-state index contributed by atoms with van der Waals surface area (Å²) >= 11 is 0. The fourth-order valence-electron chi connectivity index (χ4n) is 6.46. The Kier molecular flexibility index (Phi) is 8.53. The van der Waals surface area contributed by atoms with E-state index in [2.05, 4.69) is 156 Å². The molecule has 0 bridgehead atoms. The maximum Gasteiger partial charge on any atom is 2.00 e. The average molecular weight is 816 g/mol. The number of benzene rings is 4. The number of aromatic nitrogens is 2. The third-order valence-corrected chi connectivity index (χ3v) is 9.18. The number of hydrogen-bond donors (Lipinski definition) is 0. The first-order chi connectivity index (χ1) is 22.2. The van der Waals surface area contributed by atoms with Crippen molar-refractivity contribution in [1.82, 2.24) is 9.55 Å². The summed E-state index contributed by atoms with van der Waals surface area (Å²) in [5.41, 5.74) is 7.94. The fraction of sp³-hybridized carbons (Fsp3) is 0.310. The Balaban J connectivity index is 0.00000401. The summed E-state index contributed by atoms with van der Waals surface area (Å²) in [4.78, 5) is 9.60. The second-order valence-corrected chi connectivity index (χ2v) is 15.7. The standard InChI is InChI=1S/C42H44N4O.Pt/c1-40(2,3)28-17-20-35-34(23-28)33-19-18-32(26-38(33)46(35)39-24-29(21-22-43-39)41(4,5)6)47-31-14-12-13-30(25-31)44-27-45(42(7,8)9)37-16-11-10-15-36(37)44;/h10-24H,27H2,1-9H3;/q-2;+2. The number of nitrogens with zero attached hydrogens (tertiary/aromatic N) is 4. The molecule has 6 aromatic rings. The van der Waals surface area contributed by atoms with Gasteiger partial charge in [-0.1, -0.05) is 77.0 Å². The first kappa shape index (κ1) is 33.8. The van der Waals surface area contributed by atoms with Crippen molar-refractivity contribution in [3.8, 4) is 17.3 Å². The van der Waals surface area contributed by atoms with E-state index >= 15 is 0 Å². The molecular weight excluding hydrogens is 772 g/mol. The molecule has 0 saturated heterocycles. The van der Waals surface area contributed by atoms with E-state index in [1.165, 1.54) is 27.9 Å². The molecule has 0 amide bonds. The van der Waals surface area contributed by atoms with Crippen LogP contribution >= 0.6 is 0 Å². The van der Waals surface area contributed by atoms with Crippen LogP contribution in [0.25, 0.3) is 27.6 Å². The number of hydrogen-bond acceptors (Lipinski definition) is 4. The first-order valence-electron chi connectivity index (χ1n) is 16.5. The van der Waals surface area contributed by atoms with E-state index in [-0.39, 0.29) is 37.4 Å². The van der Waals surface area contributed by atoms with Gasteiger partial charge in [0.2, 0.25) is 0 Å². The van der Waals surface area contributed by atoms with Crippen LogP contribution in [0.3, 0.4) is 0 Å². The minimum absolute atomic E-state index is 0. The van der Waals surface area contributed by atoms with Gasteiger partial charge in [-0.2, -0.15) is 12.1 Å². The minimum atomic E-state index is -0.0172. The van der Waals surface area contributed by atoms with E-state index in [9.17, 15) is 0 Å². The van der Waals surface area contributed by atoms with E-state index in [1.54, 1.807) is 0 Å². The van der Waals surface area contributed by atoms with Crippen LogP contribution in [0.15, 0.2) is 91.1 Å². The van der Waals surface area contributed by atoms with Gasteiger partial charge in [-0.3, -0.25) is 0 Å². The summed E-state index contributed by atoms with van der Waals surface area (Å²) in [5.74, 6) is 2.16. The molecule has 0 N–H and O–H groups in total. The average Bonchev–Trinajstić information content (AvgIpc) is 3.56. The maximum atomic E-state index is 6.53. The molecule has 0 radical (unpaired) electrons. The number of ether oxygens (including phenoxy) is 1. The van der Waals surface area contributed by atoms with E-state index in [4.69, 9.17) is 9.72 Å². The quantitative estimate of drug-likeness (QED) is 0.166. The van der Waals surface area contributed by atoms with Gasteiger partial charge < -0.3 is 19.1 Å². The van der Waals surface area contributed by atoms with Crippen molar-refractivity contribution < 1.29 is 25.8 Å². The van der Waals surface area contributed by atoms with Gasteiger partial charge in [-0.15, -0.1) is 35.7 Å². The smallest absolute Gasteiger partial charge is 0.509 e.